The highest BCUT2D eigenvalue weighted by atomic mass is 16.5. The molecule has 1 saturated carbocycles. The molecular weight excluding hydrogens is 306 g/mol. The molecule has 2 fully saturated rings. The summed E-state index contributed by atoms with van der Waals surface area (Å²) in [6, 6.07) is 7.84. The van der Waals surface area contributed by atoms with Gasteiger partial charge < -0.3 is 14.7 Å². The Kier molecular flexibility index (Phi) is 5.07. The maximum atomic E-state index is 12.3. The largest absolute Gasteiger partial charge is 0.494 e. The minimum atomic E-state index is -0.759. The molecule has 3 rings (SSSR count). The smallest absolute Gasteiger partial charge is 0.308 e. The van der Waals surface area contributed by atoms with Gasteiger partial charge in [-0.05, 0) is 55.7 Å². The van der Waals surface area contributed by atoms with Crippen molar-refractivity contribution in [2.24, 2.45) is 17.8 Å². The van der Waals surface area contributed by atoms with Crippen molar-refractivity contribution in [2.75, 3.05) is 19.7 Å². The molecule has 1 N–H and O–H groups in total. The van der Waals surface area contributed by atoms with E-state index in [-0.39, 0.29) is 17.7 Å². The van der Waals surface area contributed by atoms with Crippen LogP contribution in [0.5, 0.6) is 5.75 Å². The van der Waals surface area contributed by atoms with E-state index in [1.54, 1.807) is 4.90 Å². The Morgan fingerprint density at radius 2 is 2.08 bits per heavy atom. The first-order valence-corrected chi connectivity index (χ1v) is 8.74. The van der Waals surface area contributed by atoms with Gasteiger partial charge in [-0.15, -0.1) is 0 Å². The average Bonchev–Trinajstić information content (AvgIpc) is 3.29. The number of likely N-dealkylation sites (tertiary alicyclic amines) is 1. The van der Waals surface area contributed by atoms with Crippen LogP contribution >= 0.6 is 0 Å². The predicted octanol–water partition coefficient (Wildman–Crippen LogP) is 2.72. The fourth-order valence-corrected chi connectivity index (χ4v) is 3.57. The normalized spacial score (nSPS) is 23.3. The molecule has 1 amide bonds. The van der Waals surface area contributed by atoms with E-state index in [0.717, 1.165) is 24.2 Å². The van der Waals surface area contributed by atoms with Crippen LogP contribution in [0.4, 0.5) is 0 Å². The number of aryl methyl sites for hydroxylation is 1. The number of carboxylic acid groups (broad SMARTS) is 1. The lowest BCUT2D eigenvalue weighted by Gasteiger charge is -2.16. The van der Waals surface area contributed by atoms with Crippen molar-refractivity contribution >= 4 is 11.9 Å². The third kappa shape index (κ3) is 4.08. The molecule has 5 heteroatoms. The Morgan fingerprint density at radius 1 is 1.29 bits per heavy atom. The summed E-state index contributed by atoms with van der Waals surface area (Å²) in [5.74, 6) is 0.388. The maximum Gasteiger partial charge on any atom is 0.308 e. The van der Waals surface area contributed by atoms with Crippen LogP contribution in [-0.2, 0) is 9.59 Å². The Hall–Kier alpha value is -2.04. The molecule has 1 aliphatic carbocycles. The molecule has 130 valence electrons. The Bertz CT molecular complexity index is 611. The minimum Gasteiger partial charge on any atom is -0.494 e. The number of nitrogens with zero attached hydrogens (tertiary/aromatic N) is 1. The van der Waals surface area contributed by atoms with Gasteiger partial charge in [0.2, 0.25) is 5.91 Å². The molecule has 1 heterocycles. The third-order valence-corrected chi connectivity index (χ3v) is 5.06. The van der Waals surface area contributed by atoms with Crippen LogP contribution < -0.4 is 4.74 Å². The van der Waals surface area contributed by atoms with E-state index in [2.05, 4.69) is 0 Å². The molecule has 2 aliphatic rings. The van der Waals surface area contributed by atoms with Gasteiger partial charge in [0.25, 0.3) is 0 Å². The topological polar surface area (TPSA) is 66.8 Å². The second-order valence-electron chi connectivity index (χ2n) is 7.01. The van der Waals surface area contributed by atoms with Crippen molar-refractivity contribution in [2.45, 2.75) is 32.6 Å². The number of benzene rings is 1. The van der Waals surface area contributed by atoms with Gasteiger partial charge in [-0.1, -0.05) is 12.1 Å². The highest BCUT2D eigenvalue weighted by Gasteiger charge is 2.46. The Labute approximate surface area is 142 Å². The monoisotopic (exact) mass is 331 g/mol. The van der Waals surface area contributed by atoms with E-state index < -0.39 is 5.97 Å². The summed E-state index contributed by atoms with van der Waals surface area (Å²) in [7, 11) is 0. The van der Waals surface area contributed by atoms with Gasteiger partial charge in [0.1, 0.15) is 5.75 Å². The fourth-order valence-electron chi connectivity index (χ4n) is 3.57. The lowest BCUT2D eigenvalue weighted by Crippen LogP contribution is -2.30. The highest BCUT2D eigenvalue weighted by Crippen LogP contribution is 2.44. The van der Waals surface area contributed by atoms with E-state index in [0.29, 0.717) is 38.5 Å². The number of hydrogen-bond acceptors (Lipinski definition) is 3. The van der Waals surface area contributed by atoms with Gasteiger partial charge in [0.15, 0.2) is 0 Å². The van der Waals surface area contributed by atoms with E-state index >= 15 is 0 Å². The maximum absolute atomic E-state index is 12.3. The van der Waals surface area contributed by atoms with Gasteiger partial charge in [0, 0.05) is 19.5 Å². The van der Waals surface area contributed by atoms with Crippen molar-refractivity contribution in [1.29, 1.82) is 0 Å². The second-order valence-corrected chi connectivity index (χ2v) is 7.01. The molecular formula is C19H25NO4. The van der Waals surface area contributed by atoms with Gasteiger partial charge in [-0.3, -0.25) is 9.59 Å². The summed E-state index contributed by atoms with van der Waals surface area (Å²) in [6.07, 6.45) is 3.28. The summed E-state index contributed by atoms with van der Waals surface area (Å²) in [4.78, 5) is 25.5. The van der Waals surface area contributed by atoms with Gasteiger partial charge in [-0.25, -0.2) is 0 Å². The van der Waals surface area contributed by atoms with Gasteiger partial charge >= 0.3 is 5.97 Å². The van der Waals surface area contributed by atoms with E-state index in [4.69, 9.17) is 4.74 Å². The summed E-state index contributed by atoms with van der Waals surface area (Å²) in [5, 5.41) is 9.36. The molecule has 0 aromatic heterocycles. The number of carbonyl (C=O) groups is 2. The molecule has 0 spiro atoms. The number of rotatable bonds is 7. The number of hydrogen-bond donors (Lipinski definition) is 1. The zero-order valence-electron chi connectivity index (χ0n) is 14.1. The summed E-state index contributed by atoms with van der Waals surface area (Å²) in [5.41, 5.74) is 1.14. The van der Waals surface area contributed by atoms with Crippen LogP contribution in [-0.4, -0.2) is 41.6 Å². The summed E-state index contributed by atoms with van der Waals surface area (Å²) < 4.78 is 5.66. The van der Waals surface area contributed by atoms with Crippen molar-refractivity contribution < 1.29 is 19.4 Å². The highest BCUT2D eigenvalue weighted by molar-refractivity contribution is 5.79. The van der Waals surface area contributed by atoms with Crippen LogP contribution in [0.1, 0.15) is 31.2 Å². The molecule has 2 atom stereocenters. The first kappa shape index (κ1) is 16.8. The Balaban J connectivity index is 1.43. The molecule has 24 heavy (non-hydrogen) atoms. The Morgan fingerprint density at radius 3 is 2.75 bits per heavy atom. The zero-order chi connectivity index (χ0) is 17.1. The van der Waals surface area contributed by atoms with Crippen LogP contribution in [0.3, 0.4) is 0 Å². The fraction of sp³-hybridized carbons (Fsp3) is 0.579. The molecule has 1 saturated heterocycles. The third-order valence-electron chi connectivity index (χ3n) is 5.06. The van der Waals surface area contributed by atoms with Gasteiger partial charge in [0.05, 0.1) is 12.5 Å². The molecule has 0 radical (unpaired) electrons. The molecule has 1 aliphatic heterocycles. The van der Waals surface area contributed by atoms with Crippen molar-refractivity contribution in [1.82, 2.24) is 4.90 Å². The predicted molar refractivity (Wildman–Crippen MR) is 89.8 cm³/mol. The first-order chi connectivity index (χ1) is 11.5. The van der Waals surface area contributed by atoms with Crippen LogP contribution in [0.2, 0.25) is 0 Å². The number of carbonyl (C=O) groups excluding carboxylic acids is 1. The minimum absolute atomic E-state index is 0.0530. The molecule has 1 aromatic rings. The number of aliphatic carboxylic acids is 1. The quantitative estimate of drug-likeness (QED) is 0.780. The van der Waals surface area contributed by atoms with Crippen molar-refractivity contribution in [3.8, 4) is 5.75 Å². The van der Waals surface area contributed by atoms with E-state index in [9.17, 15) is 14.7 Å². The average molecular weight is 331 g/mol. The van der Waals surface area contributed by atoms with Crippen molar-refractivity contribution in [3.63, 3.8) is 0 Å². The van der Waals surface area contributed by atoms with E-state index in [1.165, 1.54) is 0 Å². The lowest BCUT2D eigenvalue weighted by atomic mass is 9.92. The van der Waals surface area contributed by atoms with Crippen LogP contribution in [0.25, 0.3) is 0 Å². The number of amides is 1. The lowest BCUT2D eigenvalue weighted by molar-refractivity contribution is -0.142. The zero-order valence-corrected chi connectivity index (χ0v) is 14.1. The van der Waals surface area contributed by atoms with Crippen molar-refractivity contribution in [3.05, 3.63) is 29.8 Å². The number of ether oxygens (including phenoxy) is 1. The molecule has 1 aromatic carbocycles. The molecule has 0 unspecified atom stereocenters. The van der Waals surface area contributed by atoms with E-state index in [1.807, 2.05) is 31.2 Å². The first-order valence-electron chi connectivity index (χ1n) is 8.74. The SMILES string of the molecule is Cc1cccc(OCCCC(=O)N2C[C@H](C(=O)O)[C@@H](C3CC3)C2)c1. The van der Waals surface area contributed by atoms with Gasteiger partial charge in [-0.2, -0.15) is 0 Å². The van der Waals surface area contributed by atoms with Crippen LogP contribution in [0, 0.1) is 24.7 Å². The second kappa shape index (κ2) is 7.24. The molecule has 0 bridgehead atoms. The molecule has 5 nitrogen and oxygen atoms in total. The van der Waals surface area contributed by atoms with Crippen LogP contribution in [0.15, 0.2) is 24.3 Å². The number of carboxylic acids is 1. The summed E-state index contributed by atoms with van der Waals surface area (Å²) >= 11 is 0. The standard InChI is InChI=1S/C19H25NO4/c1-13-4-2-5-15(10-13)24-9-3-6-18(21)20-11-16(14-7-8-14)17(12-20)19(22)23/h2,4-5,10,14,16-17H,3,6-9,11-12H2,1H3,(H,22,23)/t16-,17+/m1/s1. The summed E-state index contributed by atoms with van der Waals surface area (Å²) in [6.45, 7) is 3.49.